The summed E-state index contributed by atoms with van der Waals surface area (Å²) in [5.41, 5.74) is 2.28. The summed E-state index contributed by atoms with van der Waals surface area (Å²) in [5, 5.41) is 7.10. The molecule has 0 saturated carbocycles. The molecule has 4 aromatic rings. The first-order valence-electron chi connectivity index (χ1n) is 11.8. The lowest BCUT2D eigenvalue weighted by molar-refractivity contribution is 0.388. The number of piperidine rings is 1. The molecule has 0 atom stereocenters. The van der Waals surface area contributed by atoms with Crippen molar-refractivity contribution in [2.24, 2.45) is 0 Å². The van der Waals surface area contributed by atoms with E-state index in [-0.39, 0.29) is 5.82 Å². The van der Waals surface area contributed by atoms with Gasteiger partial charge in [-0.2, -0.15) is 4.98 Å². The SMILES string of the molecule is Cc1cc(Nc2ccnc(Nc3ccc(SN4CCC(Sc5cccnc5)CC4)cc3)n2)ccc1F. The van der Waals surface area contributed by atoms with Crippen LogP contribution in [-0.4, -0.2) is 37.6 Å². The highest BCUT2D eigenvalue weighted by molar-refractivity contribution is 8.00. The van der Waals surface area contributed by atoms with Crippen molar-refractivity contribution in [1.82, 2.24) is 19.3 Å². The van der Waals surface area contributed by atoms with Crippen LogP contribution in [0.2, 0.25) is 0 Å². The van der Waals surface area contributed by atoms with Gasteiger partial charge in [-0.25, -0.2) is 13.7 Å². The van der Waals surface area contributed by atoms with Gasteiger partial charge in [0.2, 0.25) is 5.95 Å². The van der Waals surface area contributed by atoms with Crippen molar-refractivity contribution in [2.75, 3.05) is 23.7 Å². The number of rotatable bonds is 8. The van der Waals surface area contributed by atoms with Crippen LogP contribution in [0.4, 0.5) is 27.5 Å². The van der Waals surface area contributed by atoms with Crippen molar-refractivity contribution in [3.8, 4) is 0 Å². The van der Waals surface area contributed by atoms with Crippen LogP contribution >= 0.6 is 23.7 Å². The van der Waals surface area contributed by atoms with Crippen LogP contribution in [0.3, 0.4) is 0 Å². The number of aryl methyl sites for hydroxylation is 1. The molecule has 0 radical (unpaired) electrons. The third-order valence-corrected chi connectivity index (χ3v) is 8.19. The molecule has 3 heterocycles. The average Bonchev–Trinajstić information content (AvgIpc) is 2.89. The summed E-state index contributed by atoms with van der Waals surface area (Å²) in [6.45, 7) is 3.88. The number of halogens is 1. The molecule has 184 valence electrons. The number of hydrogen-bond acceptors (Lipinski definition) is 8. The van der Waals surface area contributed by atoms with Gasteiger partial charge < -0.3 is 10.6 Å². The predicted octanol–water partition coefficient (Wildman–Crippen LogP) is 7.07. The number of benzene rings is 2. The van der Waals surface area contributed by atoms with Crippen molar-refractivity contribution in [2.45, 2.75) is 34.8 Å². The van der Waals surface area contributed by atoms with Gasteiger partial charge in [0.15, 0.2) is 0 Å². The number of anilines is 4. The van der Waals surface area contributed by atoms with E-state index >= 15 is 0 Å². The van der Waals surface area contributed by atoms with Gasteiger partial charge >= 0.3 is 0 Å². The molecule has 0 aliphatic carbocycles. The molecule has 0 amide bonds. The zero-order valence-corrected chi connectivity index (χ0v) is 21.5. The van der Waals surface area contributed by atoms with Crippen LogP contribution in [-0.2, 0) is 0 Å². The molecule has 5 rings (SSSR count). The maximum atomic E-state index is 13.5. The first-order valence-corrected chi connectivity index (χ1v) is 13.5. The zero-order chi connectivity index (χ0) is 24.7. The van der Waals surface area contributed by atoms with Crippen LogP contribution in [0.5, 0.6) is 0 Å². The Kier molecular flexibility index (Phi) is 8.00. The largest absolute Gasteiger partial charge is 0.340 e. The Bertz CT molecular complexity index is 1280. The highest BCUT2D eigenvalue weighted by atomic mass is 32.2. The van der Waals surface area contributed by atoms with Crippen LogP contribution < -0.4 is 10.6 Å². The normalized spacial score (nSPS) is 14.5. The minimum absolute atomic E-state index is 0.225. The third kappa shape index (κ3) is 6.75. The van der Waals surface area contributed by atoms with Crippen molar-refractivity contribution in [1.29, 1.82) is 0 Å². The highest BCUT2D eigenvalue weighted by Crippen LogP contribution is 2.34. The maximum absolute atomic E-state index is 13.5. The number of thioether (sulfide) groups is 1. The van der Waals surface area contributed by atoms with Crippen LogP contribution in [0.25, 0.3) is 0 Å². The molecule has 2 aromatic heterocycles. The summed E-state index contributed by atoms with van der Waals surface area (Å²) in [7, 11) is 0. The molecule has 1 fully saturated rings. The van der Waals surface area contributed by atoms with E-state index in [0.29, 0.717) is 22.6 Å². The second-order valence-corrected chi connectivity index (χ2v) is 11.1. The number of aromatic nitrogens is 3. The molecule has 6 nitrogen and oxygen atoms in total. The first-order chi connectivity index (χ1) is 17.6. The van der Waals surface area contributed by atoms with Gasteiger partial charge in [-0.05, 0) is 97.9 Å². The number of hydrogen-bond donors (Lipinski definition) is 2. The fraction of sp³-hybridized carbons (Fsp3) is 0.222. The van der Waals surface area contributed by atoms with E-state index in [4.69, 9.17) is 0 Å². The molecular weight excluding hydrogens is 491 g/mol. The van der Waals surface area contributed by atoms with E-state index in [1.807, 2.05) is 54.3 Å². The Morgan fingerprint density at radius 1 is 0.917 bits per heavy atom. The van der Waals surface area contributed by atoms with Gasteiger partial charge in [0.1, 0.15) is 11.6 Å². The van der Waals surface area contributed by atoms with Crippen LogP contribution in [0.1, 0.15) is 18.4 Å². The van der Waals surface area contributed by atoms with Crippen molar-refractivity contribution >= 4 is 46.9 Å². The number of nitrogens with one attached hydrogen (secondary N) is 2. The average molecular weight is 519 g/mol. The van der Waals surface area contributed by atoms with Crippen molar-refractivity contribution < 1.29 is 4.39 Å². The molecule has 36 heavy (non-hydrogen) atoms. The summed E-state index contributed by atoms with van der Waals surface area (Å²) in [4.78, 5) is 15.5. The molecule has 1 aliphatic rings. The Morgan fingerprint density at radius 2 is 1.72 bits per heavy atom. The van der Waals surface area contributed by atoms with Gasteiger partial charge in [0, 0.05) is 58.1 Å². The van der Waals surface area contributed by atoms with E-state index in [1.165, 1.54) is 28.7 Å². The topological polar surface area (TPSA) is 66.0 Å². The predicted molar refractivity (Wildman–Crippen MR) is 147 cm³/mol. The van der Waals surface area contributed by atoms with Crippen molar-refractivity contribution in [3.63, 3.8) is 0 Å². The third-order valence-electron chi connectivity index (χ3n) is 5.77. The minimum Gasteiger partial charge on any atom is -0.340 e. The lowest BCUT2D eigenvalue weighted by Crippen LogP contribution is -2.29. The standard InChI is InChI=1S/C27H27FN6S2/c1-19-17-21(6-9-25(19)28)31-26-10-14-30-27(33-26)32-20-4-7-23(8-5-20)36-34-15-11-22(12-16-34)35-24-3-2-13-29-18-24/h2-10,13-14,17-18,22H,11-12,15-16H2,1H3,(H2,30,31,32,33). The van der Waals surface area contributed by atoms with Gasteiger partial charge in [-0.1, -0.05) is 0 Å². The quantitative estimate of drug-likeness (QED) is 0.240. The second-order valence-electron chi connectivity index (χ2n) is 8.53. The summed E-state index contributed by atoms with van der Waals surface area (Å²) >= 11 is 3.75. The monoisotopic (exact) mass is 518 g/mol. The van der Waals surface area contributed by atoms with E-state index in [2.05, 4.69) is 48.1 Å². The Balaban J connectivity index is 1.12. The number of pyridine rings is 1. The molecule has 9 heteroatoms. The van der Waals surface area contributed by atoms with E-state index in [9.17, 15) is 4.39 Å². The van der Waals surface area contributed by atoms with Crippen LogP contribution in [0.15, 0.2) is 89.0 Å². The first kappa shape index (κ1) is 24.5. The molecule has 1 saturated heterocycles. The Hall–Kier alpha value is -3.14. The summed E-state index contributed by atoms with van der Waals surface area (Å²) in [5.74, 6) is 0.903. The maximum Gasteiger partial charge on any atom is 0.229 e. The lowest BCUT2D eigenvalue weighted by Gasteiger charge is -2.30. The zero-order valence-electron chi connectivity index (χ0n) is 19.9. The fourth-order valence-corrected chi connectivity index (χ4v) is 5.95. The summed E-state index contributed by atoms with van der Waals surface area (Å²) < 4.78 is 16.0. The lowest BCUT2D eigenvalue weighted by atomic mass is 10.2. The van der Waals surface area contributed by atoms with Gasteiger partial charge in [-0.15, -0.1) is 11.8 Å². The molecule has 2 N–H and O–H groups in total. The molecular formula is C27H27FN6S2. The molecule has 0 bridgehead atoms. The van der Waals surface area contributed by atoms with E-state index < -0.39 is 0 Å². The molecule has 1 aliphatic heterocycles. The second kappa shape index (κ2) is 11.7. The van der Waals surface area contributed by atoms with E-state index in [1.54, 1.807) is 31.3 Å². The minimum atomic E-state index is -0.225. The van der Waals surface area contributed by atoms with Crippen molar-refractivity contribution in [3.05, 3.63) is 90.6 Å². The smallest absolute Gasteiger partial charge is 0.229 e. The summed E-state index contributed by atoms with van der Waals surface area (Å²) in [6.07, 6.45) is 7.80. The number of nitrogens with zero attached hydrogens (tertiary/aromatic N) is 4. The summed E-state index contributed by atoms with van der Waals surface area (Å²) in [6, 6.07) is 19.1. The van der Waals surface area contributed by atoms with E-state index in [0.717, 1.165) is 24.5 Å². The highest BCUT2D eigenvalue weighted by Gasteiger charge is 2.21. The van der Waals surface area contributed by atoms with Gasteiger partial charge in [0.25, 0.3) is 0 Å². The Morgan fingerprint density at radius 3 is 2.47 bits per heavy atom. The van der Waals surface area contributed by atoms with Gasteiger partial charge in [0.05, 0.1) is 0 Å². The molecule has 2 aromatic carbocycles. The molecule has 0 unspecified atom stereocenters. The Labute approximate surface area is 219 Å². The fourth-order valence-electron chi connectivity index (χ4n) is 3.89. The van der Waals surface area contributed by atoms with Crippen LogP contribution in [0, 0.1) is 12.7 Å². The van der Waals surface area contributed by atoms with Gasteiger partial charge in [-0.3, -0.25) is 4.98 Å². The molecule has 0 spiro atoms.